The topological polar surface area (TPSA) is 237 Å². The van der Waals surface area contributed by atoms with E-state index in [2.05, 4.69) is 192 Å². The number of carbonyl (C=O) groups excluding carboxylic acids is 4. The van der Waals surface area contributed by atoms with E-state index in [0.29, 0.717) is 32.1 Å². The Bertz CT molecular complexity index is 2760. The van der Waals surface area contributed by atoms with Gasteiger partial charge in [0.25, 0.3) is 0 Å². The number of ether oxygens (including phenoxy) is 4. The Morgan fingerprint density at radius 2 is 0.472 bits per heavy atom. The molecule has 19 heteroatoms. The number of hydrogen-bond donors (Lipinski definition) is 3. The van der Waals surface area contributed by atoms with Crippen LogP contribution in [0.4, 0.5) is 0 Å². The molecule has 0 aromatic heterocycles. The largest absolute Gasteiger partial charge is 0.472 e. The Balaban J connectivity index is 5.48. The molecule has 108 heavy (non-hydrogen) atoms. The summed E-state index contributed by atoms with van der Waals surface area (Å²) in [5.74, 6) is -2.32. The van der Waals surface area contributed by atoms with Crippen LogP contribution >= 0.6 is 15.6 Å². The minimum Gasteiger partial charge on any atom is -0.462 e. The smallest absolute Gasteiger partial charge is 0.462 e. The van der Waals surface area contributed by atoms with Gasteiger partial charge in [0.1, 0.15) is 19.3 Å². The van der Waals surface area contributed by atoms with Crippen LogP contribution in [0.3, 0.4) is 0 Å². The molecule has 0 bridgehead atoms. The van der Waals surface area contributed by atoms with Crippen LogP contribution in [0.5, 0.6) is 0 Å². The van der Waals surface area contributed by atoms with E-state index in [9.17, 15) is 43.2 Å². The number of hydrogen-bond acceptors (Lipinski definition) is 15. The molecule has 0 aliphatic carbocycles. The molecule has 0 heterocycles. The van der Waals surface area contributed by atoms with Gasteiger partial charge in [0, 0.05) is 25.7 Å². The molecule has 0 amide bonds. The average molecular weight is 1550 g/mol. The zero-order valence-electron chi connectivity index (χ0n) is 66.9. The molecule has 612 valence electrons. The molecule has 0 saturated carbocycles. The summed E-state index contributed by atoms with van der Waals surface area (Å²) in [7, 11) is -10.0. The predicted octanol–water partition coefficient (Wildman–Crippen LogP) is 24.3. The fourth-order valence-corrected chi connectivity index (χ4v) is 11.9. The van der Waals surface area contributed by atoms with Gasteiger partial charge in [-0.3, -0.25) is 37.3 Å². The monoisotopic (exact) mass is 1550 g/mol. The van der Waals surface area contributed by atoms with Crippen LogP contribution in [0.25, 0.3) is 0 Å². The van der Waals surface area contributed by atoms with Gasteiger partial charge in [-0.05, 0) is 161 Å². The summed E-state index contributed by atoms with van der Waals surface area (Å²) in [4.78, 5) is 73.1. The SMILES string of the molecule is CC/C=C\C/C=C\C/C=C\C/C=C\C/C=C\C/C=C\CCC(=O)OCC(COP(=O)(O)OCC(O)COP(=O)(O)OCC(COC(=O)CCCCCCCCC/C=C\C/C=C\C/C=C\CC)OC(=O)CCCCCCC/C=C\C/C=C\C/C=C\CC)OC(=O)CCCCCCCCC/C=C\C/C=C\C/C=C\CC. The molecular weight excluding hydrogens is 1400 g/mol. The lowest BCUT2D eigenvalue weighted by atomic mass is 10.1. The minimum absolute atomic E-state index is 0.0273. The average Bonchev–Trinajstić information content (AvgIpc) is 0.906. The third kappa shape index (κ3) is 78.3. The molecule has 0 aliphatic rings. The van der Waals surface area contributed by atoms with Gasteiger partial charge in [-0.15, -0.1) is 0 Å². The predicted molar refractivity (Wildman–Crippen MR) is 445 cm³/mol. The number of carbonyl (C=O) groups is 4. The van der Waals surface area contributed by atoms with Crippen molar-refractivity contribution in [3.63, 3.8) is 0 Å². The Morgan fingerprint density at radius 3 is 0.750 bits per heavy atom. The molecule has 17 nitrogen and oxygen atoms in total. The highest BCUT2D eigenvalue weighted by Gasteiger charge is 2.30. The van der Waals surface area contributed by atoms with Crippen molar-refractivity contribution in [1.29, 1.82) is 0 Å². The third-order valence-electron chi connectivity index (χ3n) is 16.4. The summed E-state index contributed by atoms with van der Waals surface area (Å²) in [5.41, 5.74) is 0. The first kappa shape index (κ1) is 102. The van der Waals surface area contributed by atoms with E-state index >= 15 is 0 Å². The van der Waals surface area contributed by atoms with Crippen molar-refractivity contribution in [1.82, 2.24) is 0 Å². The molecule has 5 atom stereocenters. The third-order valence-corrected chi connectivity index (χ3v) is 18.3. The Morgan fingerprint density at radius 1 is 0.259 bits per heavy atom. The summed E-state index contributed by atoms with van der Waals surface area (Å²) < 4.78 is 68.6. The molecule has 0 aliphatic heterocycles. The Labute approximate surface area is 654 Å². The second-order valence-corrected chi connectivity index (χ2v) is 29.4. The maximum Gasteiger partial charge on any atom is 0.472 e. The minimum atomic E-state index is -5.01. The molecule has 0 aromatic rings. The van der Waals surface area contributed by atoms with E-state index in [0.717, 1.165) is 212 Å². The lowest BCUT2D eigenvalue weighted by molar-refractivity contribution is -0.161. The van der Waals surface area contributed by atoms with Crippen molar-refractivity contribution in [3.05, 3.63) is 182 Å². The first-order chi connectivity index (χ1) is 52.7. The Hall–Kier alpha value is -5.84. The van der Waals surface area contributed by atoms with Gasteiger partial charge >= 0.3 is 39.5 Å². The van der Waals surface area contributed by atoms with Crippen molar-refractivity contribution < 1.29 is 80.2 Å². The highest BCUT2D eigenvalue weighted by Crippen LogP contribution is 2.45. The summed E-state index contributed by atoms with van der Waals surface area (Å²) in [6.07, 6.45) is 95.9. The molecule has 0 fully saturated rings. The lowest BCUT2D eigenvalue weighted by Gasteiger charge is -2.21. The number of esters is 4. The van der Waals surface area contributed by atoms with Crippen molar-refractivity contribution in [2.45, 2.75) is 316 Å². The molecule has 3 N–H and O–H groups in total. The second kappa shape index (κ2) is 79.3. The molecular formula is C89H144O17P2. The summed E-state index contributed by atoms with van der Waals surface area (Å²) in [6.45, 7) is 4.30. The maximum absolute atomic E-state index is 13.1. The lowest BCUT2D eigenvalue weighted by Crippen LogP contribution is -2.30. The summed E-state index contributed by atoms with van der Waals surface area (Å²) >= 11 is 0. The highest BCUT2D eigenvalue weighted by molar-refractivity contribution is 7.47. The number of unbranched alkanes of at least 4 members (excludes halogenated alkanes) is 19. The van der Waals surface area contributed by atoms with Crippen molar-refractivity contribution in [3.8, 4) is 0 Å². The van der Waals surface area contributed by atoms with Crippen LogP contribution < -0.4 is 0 Å². The number of rotatable bonds is 75. The van der Waals surface area contributed by atoms with E-state index in [1.165, 1.54) is 0 Å². The van der Waals surface area contributed by atoms with Crippen LogP contribution in [0.1, 0.15) is 297 Å². The molecule has 0 saturated heterocycles. The zero-order chi connectivity index (χ0) is 78.9. The quantitative estimate of drug-likeness (QED) is 0.0169. The summed E-state index contributed by atoms with van der Waals surface area (Å²) in [5, 5.41) is 10.7. The maximum atomic E-state index is 13.1. The van der Waals surface area contributed by atoms with Gasteiger partial charge in [-0.2, -0.15) is 0 Å². The normalized spacial score (nSPS) is 14.8. The molecule has 0 aromatic carbocycles. The van der Waals surface area contributed by atoms with Gasteiger partial charge in [0.15, 0.2) is 12.2 Å². The Kier molecular flexibility index (Phi) is 75.0. The van der Waals surface area contributed by atoms with E-state index in [1.807, 2.05) is 18.2 Å². The van der Waals surface area contributed by atoms with E-state index < -0.39 is 97.5 Å². The van der Waals surface area contributed by atoms with Crippen molar-refractivity contribution in [2.75, 3.05) is 39.6 Å². The van der Waals surface area contributed by atoms with Gasteiger partial charge in [0.2, 0.25) is 0 Å². The number of aliphatic hydroxyl groups excluding tert-OH is 1. The number of phosphoric acid groups is 2. The molecule has 0 spiro atoms. The highest BCUT2D eigenvalue weighted by atomic mass is 31.2. The van der Waals surface area contributed by atoms with Gasteiger partial charge in [-0.1, -0.05) is 293 Å². The van der Waals surface area contributed by atoms with Crippen LogP contribution in [-0.2, 0) is 65.4 Å². The standard InChI is InChI=1S/C89H144O17P2/c1-5-9-13-17-21-25-29-33-37-40-41-44-47-50-54-58-62-66-70-74-87(92)100-80-85(106-89(94)76-72-68-64-60-56-52-48-43-39-35-31-27-23-19-15-11-7-3)82-104-108(97,98)102-78-83(90)77-101-107(95,96)103-81-84(105-88(93)75-71-67-63-59-55-51-45-36-32-28-24-20-16-12-8-4)79-99-86(91)73-69-65-61-57-53-49-46-42-38-34-30-26-22-18-14-10-6-2/h9-16,21-28,33-39,41,44-45,50,54,62,66,83-85,90H,5-8,17-20,29-32,40,42-43,46-49,51-53,55-61,63-65,67-82H2,1-4H3,(H,95,96)(H,97,98)/b13-9-,14-10-,15-11-,16-12-,25-21-,26-22-,27-23-,28-24-,37-33-,38-34-,39-35-,44-41-,45-36-,54-50-,66-62-. The van der Waals surface area contributed by atoms with E-state index in [1.54, 1.807) is 0 Å². The van der Waals surface area contributed by atoms with Crippen LogP contribution in [0.15, 0.2) is 182 Å². The number of phosphoric ester groups is 2. The fraction of sp³-hybridized carbons (Fsp3) is 0.618. The van der Waals surface area contributed by atoms with E-state index in [-0.39, 0.29) is 25.7 Å². The first-order valence-electron chi connectivity index (χ1n) is 41.0. The number of allylic oxidation sites excluding steroid dienone is 30. The van der Waals surface area contributed by atoms with Crippen molar-refractivity contribution >= 4 is 39.5 Å². The molecule has 0 radical (unpaired) electrons. The van der Waals surface area contributed by atoms with Crippen LogP contribution in [0.2, 0.25) is 0 Å². The summed E-state index contributed by atoms with van der Waals surface area (Å²) in [6, 6.07) is 0. The molecule has 0 rings (SSSR count). The fourth-order valence-electron chi connectivity index (χ4n) is 10.3. The van der Waals surface area contributed by atoms with Gasteiger partial charge in [0.05, 0.1) is 26.4 Å². The molecule has 5 unspecified atom stereocenters. The number of aliphatic hydroxyl groups is 1. The second-order valence-electron chi connectivity index (χ2n) is 26.5. The van der Waals surface area contributed by atoms with E-state index in [4.69, 9.17) is 37.0 Å². The van der Waals surface area contributed by atoms with Crippen LogP contribution in [-0.4, -0.2) is 96.7 Å². The van der Waals surface area contributed by atoms with Crippen molar-refractivity contribution in [2.24, 2.45) is 0 Å². The van der Waals surface area contributed by atoms with Crippen LogP contribution in [0, 0.1) is 0 Å². The zero-order valence-corrected chi connectivity index (χ0v) is 68.7. The van der Waals surface area contributed by atoms with Gasteiger partial charge < -0.3 is 33.8 Å². The van der Waals surface area contributed by atoms with Gasteiger partial charge in [-0.25, -0.2) is 9.13 Å². The first-order valence-corrected chi connectivity index (χ1v) is 44.0.